The maximum absolute atomic E-state index is 3.56. The van der Waals surface area contributed by atoms with Gasteiger partial charge in [-0.2, -0.15) is 0 Å². The van der Waals surface area contributed by atoms with Gasteiger partial charge in [-0.3, -0.25) is 4.90 Å². The largest absolute Gasteiger partial charge is 0.298 e. The Morgan fingerprint density at radius 3 is 3.00 bits per heavy atom. The summed E-state index contributed by atoms with van der Waals surface area (Å²) in [6.45, 7) is 3.76. The first kappa shape index (κ1) is 7.81. The summed E-state index contributed by atoms with van der Waals surface area (Å²) >= 11 is 3.56. The molecule has 2 aliphatic rings. The van der Waals surface area contributed by atoms with Crippen molar-refractivity contribution in [3.63, 3.8) is 0 Å². The molecule has 0 aromatic carbocycles. The van der Waals surface area contributed by atoms with Crippen LogP contribution in [0.5, 0.6) is 0 Å². The van der Waals surface area contributed by atoms with Crippen LogP contribution in [0.2, 0.25) is 0 Å². The van der Waals surface area contributed by atoms with E-state index in [4.69, 9.17) is 0 Å². The van der Waals surface area contributed by atoms with Gasteiger partial charge in [-0.1, -0.05) is 22.0 Å². The summed E-state index contributed by atoms with van der Waals surface area (Å²) in [6, 6.07) is 0. The zero-order valence-electron chi connectivity index (χ0n) is 6.72. The van der Waals surface area contributed by atoms with Gasteiger partial charge in [0.05, 0.1) is 0 Å². The van der Waals surface area contributed by atoms with Crippen molar-refractivity contribution in [3.8, 4) is 0 Å². The Balaban J connectivity index is 1.80. The highest BCUT2D eigenvalue weighted by molar-refractivity contribution is 9.11. The molecule has 1 nitrogen and oxygen atoms in total. The fourth-order valence-corrected chi connectivity index (χ4v) is 2.17. The standard InChI is InChI=1S/C9H14BrN/c10-9-2-1-5-11(7-9)6-8-3-4-8/h2,8H,1,3-7H2. The molecule has 62 valence electrons. The summed E-state index contributed by atoms with van der Waals surface area (Å²) in [4.78, 5) is 2.56. The number of rotatable bonds is 2. The normalized spacial score (nSPS) is 26.8. The van der Waals surface area contributed by atoms with Crippen LogP contribution in [0.25, 0.3) is 0 Å². The number of hydrogen-bond donors (Lipinski definition) is 0. The number of nitrogens with zero attached hydrogens (tertiary/aromatic N) is 1. The molecule has 0 radical (unpaired) electrons. The number of hydrogen-bond acceptors (Lipinski definition) is 1. The van der Waals surface area contributed by atoms with E-state index in [2.05, 4.69) is 26.9 Å². The van der Waals surface area contributed by atoms with Crippen molar-refractivity contribution in [1.29, 1.82) is 0 Å². The fourth-order valence-electron chi connectivity index (χ4n) is 1.58. The Morgan fingerprint density at radius 2 is 2.36 bits per heavy atom. The van der Waals surface area contributed by atoms with Crippen LogP contribution < -0.4 is 0 Å². The molecule has 11 heavy (non-hydrogen) atoms. The molecule has 0 saturated heterocycles. The van der Waals surface area contributed by atoms with Crippen LogP contribution in [0.15, 0.2) is 10.6 Å². The van der Waals surface area contributed by atoms with Gasteiger partial charge in [-0.15, -0.1) is 0 Å². The van der Waals surface area contributed by atoms with Crippen molar-refractivity contribution >= 4 is 15.9 Å². The van der Waals surface area contributed by atoms with Crippen LogP contribution in [0.3, 0.4) is 0 Å². The molecule has 1 aliphatic heterocycles. The second-order valence-corrected chi connectivity index (χ2v) is 4.64. The third-order valence-electron chi connectivity index (χ3n) is 2.40. The molecule has 0 aromatic rings. The Bertz CT molecular complexity index is 172. The Labute approximate surface area is 76.6 Å². The highest BCUT2D eigenvalue weighted by Crippen LogP contribution is 2.30. The van der Waals surface area contributed by atoms with E-state index in [1.54, 1.807) is 0 Å². The van der Waals surface area contributed by atoms with Gasteiger partial charge in [-0.25, -0.2) is 0 Å². The van der Waals surface area contributed by atoms with Crippen molar-refractivity contribution in [2.45, 2.75) is 19.3 Å². The lowest BCUT2D eigenvalue weighted by Gasteiger charge is -2.24. The first-order chi connectivity index (χ1) is 5.34. The third-order valence-corrected chi connectivity index (χ3v) is 2.97. The van der Waals surface area contributed by atoms with Crippen LogP contribution in [-0.4, -0.2) is 24.5 Å². The van der Waals surface area contributed by atoms with Gasteiger partial charge < -0.3 is 0 Å². The average molecular weight is 216 g/mol. The summed E-state index contributed by atoms with van der Waals surface area (Å²) in [5.74, 6) is 1.04. The van der Waals surface area contributed by atoms with E-state index in [9.17, 15) is 0 Å². The Kier molecular flexibility index (Phi) is 2.33. The van der Waals surface area contributed by atoms with Crippen LogP contribution in [-0.2, 0) is 0 Å². The molecule has 0 N–H and O–H groups in total. The SMILES string of the molecule is BrC1=CCCN(CC2CC2)C1. The smallest absolute Gasteiger partial charge is 0.0296 e. The van der Waals surface area contributed by atoms with Crippen molar-refractivity contribution in [2.24, 2.45) is 5.92 Å². The lowest BCUT2D eigenvalue weighted by Crippen LogP contribution is -2.30. The molecule has 1 aliphatic carbocycles. The summed E-state index contributed by atoms with van der Waals surface area (Å²) < 4.78 is 1.38. The maximum atomic E-state index is 3.56. The van der Waals surface area contributed by atoms with Crippen molar-refractivity contribution < 1.29 is 0 Å². The van der Waals surface area contributed by atoms with E-state index in [0.717, 1.165) is 12.5 Å². The average Bonchev–Trinajstić information content (AvgIpc) is 2.71. The van der Waals surface area contributed by atoms with Gasteiger partial charge in [-0.05, 0) is 25.2 Å². The summed E-state index contributed by atoms with van der Waals surface area (Å²) in [5, 5.41) is 0. The number of halogens is 1. The first-order valence-corrected chi connectivity index (χ1v) is 5.21. The molecule has 0 unspecified atom stereocenters. The minimum absolute atomic E-state index is 1.04. The van der Waals surface area contributed by atoms with Crippen LogP contribution in [0.1, 0.15) is 19.3 Å². The topological polar surface area (TPSA) is 3.24 Å². The first-order valence-electron chi connectivity index (χ1n) is 4.41. The zero-order valence-corrected chi connectivity index (χ0v) is 8.31. The second kappa shape index (κ2) is 3.28. The molecule has 0 aromatic heterocycles. The zero-order chi connectivity index (χ0) is 7.68. The van der Waals surface area contributed by atoms with Gasteiger partial charge in [0.2, 0.25) is 0 Å². The van der Waals surface area contributed by atoms with Crippen molar-refractivity contribution in [1.82, 2.24) is 4.90 Å². The highest BCUT2D eigenvalue weighted by atomic mass is 79.9. The van der Waals surface area contributed by atoms with Crippen LogP contribution >= 0.6 is 15.9 Å². The van der Waals surface area contributed by atoms with Gasteiger partial charge in [0.15, 0.2) is 0 Å². The van der Waals surface area contributed by atoms with E-state index in [0.29, 0.717) is 0 Å². The Hall–Kier alpha value is 0.180. The summed E-state index contributed by atoms with van der Waals surface area (Å²) in [7, 11) is 0. The molecule has 0 spiro atoms. The van der Waals surface area contributed by atoms with E-state index in [1.165, 1.54) is 36.8 Å². The summed E-state index contributed by atoms with van der Waals surface area (Å²) in [6.07, 6.45) is 6.46. The predicted octanol–water partition coefficient (Wildman–Crippen LogP) is 2.38. The highest BCUT2D eigenvalue weighted by Gasteiger charge is 2.24. The molecule has 2 heteroatoms. The quantitative estimate of drug-likeness (QED) is 0.685. The van der Waals surface area contributed by atoms with Gasteiger partial charge in [0.1, 0.15) is 0 Å². The maximum Gasteiger partial charge on any atom is 0.0296 e. The van der Waals surface area contributed by atoms with Gasteiger partial charge >= 0.3 is 0 Å². The Morgan fingerprint density at radius 1 is 1.55 bits per heavy atom. The molecular weight excluding hydrogens is 202 g/mol. The molecule has 0 amide bonds. The lowest BCUT2D eigenvalue weighted by atomic mass is 10.2. The summed E-state index contributed by atoms with van der Waals surface area (Å²) in [5.41, 5.74) is 0. The predicted molar refractivity (Wildman–Crippen MR) is 50.8 cm³/mol. The van der Waals surface area contributed by atoms with E-state index in [-0.39, 0.29) is 0 Å². The van der Waals surface area contributed by atoms with Gasteiger partial charge in [0, 0.05) is 24.1 Å². The van der Waals surface area contributed by atoms with E-state index < -0.39 is 0 Å². The van der Waals surface area contributed by atoms with Crippen LogP contribution in [0, 0.1) is 5.92 Å². The molecule has 0 atom stereocenters. The minimum Gasteiger partial charge on any atom is -0.298 e. The molecule has 0 bridgehead atoms. The fraction of sp³-hybridized carbons (Fsp3) is 0.778. The van der Waals surface area contributed by atoms with Crippen LogP contribution in [0.4, 0.5) is 0 Å². The monoisotopic (exact) mass is 215 g/mol. The van der Waals surface area contributed by atoms with Crippen molar-refractivity contribution in [2.75, 3.05) is 19.6 Å². The minimum atomic E-state index is 1.04. The van der Waals surface area contributed by atoms with Gasteiger partial charge in [0.25, 0.3) is 0 Å². The molecule has 1 saturated carbocycles. The second-order valence-electron chi connectivity index (χ2n) is 3.62. The van der Waals surface area contributed by atoms with E-state index in [1.807, 2.05) is 0 Å². The molecule has 1 fully saturated rings. The third kappa shape index (κ3) is 2.31. The van der Waals surface area contributed by atoms with E-state index >= 15 is 0 Å². The molecular formula is C9H14BrN. The van der Waals surface area contributed by atoms with Crippen molar-refractivity contribution in [3.05, 3.63) is 10.6 Å². The molecule has 2 rings (SSSR count). The lowest BCUT2D eigenvalue weighted by molar-refractivity contribution is 0.285. The molecule has 1 heterocycles.